The fraction of sp³-hybridized carbons (Fsp3) is 0.350. The first kappa shape index (κ1) is 20.6. The van der Waals surface area contributed by atoms with E-state index in [1.54, 1.807) is 20.3 Å². The Balaban J connectivity index is 2.00. The summed E-state index contributed by atoms with van der Waals surface area (Å²) in [7, 11) is 3.22. The molecule has 0 amide bonds. The Morgan fingerprint density at radius 3 is 2.11 bits per heavy atom. The second-order valence-electron chi connectivity index (χ2n) is 5.56. The number of nitrogens with one attached hydrogen (secondary N) is 2. The lowest BCUT2D eigenvalue weighted by molar-refractivity contribution is 0.287. The van der Waals surface area contributed by atoms with Crippen molar-refractivity contribution in [2.45, 2.75) is 20.4 Å². The number of benzene rings is 2. The zero-order chi connectivity index (χ0) is 19.6. The van der Waals surface area contributed by atoms with Gasteiger partial charge in [0.1, 0.15) is 11.5 Å². The standard InChI is InChI=1S/C20H26N2O4S/c1-5-25-18-8-7-14(9-19(18)26-6-2)13-21-20(27)22-15-10-16(23-3)12-17(11-15)24-4/h7-12H,5-6,13H2,1-4H3,(H2,21,22,27). The SMILES string of the molecule is CCOc1ccc(CNC(=S)Nc2cc(OC)cc(OC)c2)cc1OCC. The van der Waals surface area contributed by atoms with Crippen LogP contribution in [0, 0.1) is 0 Å². The van der Waals surface area contributed by atoms with Crippen molar-refractivity contribution in [3.8, 4) is 23.0 Å². The van der Waals surface area contributed by atoms with E-state index in [0.717, 1.165) is 22.7 Å². The van der Waals surface area contributed by atoms with Gasteiger partial charge >= 0.3 is 0 Å². The van der Waals surface area contributed by atoms with E-state index in [9.17, 15) is 0 Å². The van der Waals surface area contributed by atoms with Gasteiger partial charge in [-0.1, -0.05) is 6.07 Å². The Morgan fingerprint density at radius 1 is 0.889 bits per heavy atom. The van der Waals surface area contributed by atoms with E-state index < -0.39 is 0 Å². The van der Waals surface area contributed by atoms with Crippen LogP contribution in [0.2, 0.25) is 0 Å². The van der Waals surface area contributed by atoms with Gasteiger partial charge in [0, 0.05) is 30.4 Å². The third-order valence-corrected chi connectivity index (χ3v) is 3.92. The molecule has 0 aromatic heterocycles. The maximum absolute atomic E-state index is 5.65. The first-order chi connectivity index (χ1) is 13.1. The van der Waals surface area contributed by atoms with Gasteiger partial charge < -0.3 is 29.6 Å². The van der Waals surface area contributed by atoms with Crippen molar-refractivity contribution in [1.29, 1.82) is 0 Å². The molecular weight excluding hydrogens is 364 g/mol. The molecule has 0 saturated heterocycles. The van der Waals surface area contributed by atoms with Crippen LogP contribution in [-0.2, 0) is 6.54 Å². The minimum Gasteiger partial charge on any atom is -0.497 e. The molecule has 0 radical (unpaired) electrons. The minimum absolute atomic E-state index is 0.497. The monoisotopic (exact) mass is 390 g/mol. The van der Waals surface area contributed by atoms with Gasteiger partial charge in [-0.05, 0) is 43.8 Å². The molecule has 0 aliphatic heterocycles. The van der Waals surface area contributed by atoms with Crippen LogP contribution in [0.1, 0.15) is 19.4 Å². The lowest BCUT2D eigenvalue weighted by Crippen LogP contribution is -2.27. The molecule has 6 nitrogen and oxygen atoms in total. The minimum atomic E-state index is 0.497. The van der Waals surface area contributed by atoms with Gasteiger partial charge in [-0.3, -0.25) is 0 Å². The molecule has 2 N–H and O–H groups in total. The molecular formula is C20H26N2O4S. The third-order valence-electron chi connectivity index (χ3n) is 3.67. The predicted octanol–water partition coefficient (Wildman–Crippen LogP) is 3.99. The third kappa shape index (κ3) is 6.21. The normalized spacial score (nSPS) is 10.1. The zero-order valence-electron chi connectivity index (χ0n) is 16.1. The lowest BCUT2D eigenvalue weighted by atomic mass is 10.2. The first-order valence-electron chi connectivity index (χ1n) is 8.76. The van der Waals surface area contributed by atoms with Crippen molar-refractivity contribution in [3.63, 3.8) is 0 Å². The predicted molar refractivity (Wildman–Crippen MR) is 111 cm³/mol. The summed E-state index contributed by atoms with van der Waals surface area (Å²) in [6.07, 6.45) is 0. The van der Waals surface area contributed by atoms with Crippen molar-refractivity contribution >= 4 is 23.0 Å². The van der Waals surface area contributed by atoms with E-state index in [0.29, 0.717) is 36.4 Å². The van der Waals surface area contributed by atoms with Crippen LogP contribution in [0.3, 0.4) is 0 Å². The Labute approximate surface area is 165 Å². The van der Waals surface area contributed by atoms with Gasteiger partial charge in [-0.2, -0.15) is 0 Å². The van der Waals surface area contributed by atoms with Gasteiger partial charge in [0.05, 0.1) is 27.4 Å². The first-order valence-corrected chi connectivity index (χ1v) is 9.16. The van der Waals surface area contributed by atoms with Crippen molar-refractivity contribution in [1.82, 2.24) is 5.32 Å². The van der Waals surface area contributed by atoms with Crippen LogP contribution in [-0.4, -0.2) is 32.5 Å². The van der Waals surface area contributed by atoms with Crippen LogP contribution >= 0.6 is 12.2 Å². The molecule has 0 spiro atoms. The second-order valence-corrected chi connectivity index (χ2v) is 5.96. The Kier molecular flexibility index (Phi) is 8.00. The van der Waals surface area contributed by atoms with E-state index in [1.165, 1.54) is 0 Å². The molecule has 27 heavy (non-hydrogen) atoms. The summed E-state index contributed by atoms with van der Waals surface area (Å²) in [5.41, 5.74) is 1.82. The number of ether oxygens (including phenoxy) is 4. The summed E-state index contributed by atoms with van der Waals surface area (Å²) in [5, 5.41) is 6.82. The molecule has 0 aliphatic carbocycles. The van der Waals surface area contributed by atoms with Gasteiger partial charge in [0.15, 0.2) is 16.6 Å². The summed E-state index contributed by atoms with van der Waals surface area (Å²) in [5.74, 6) is 2.85. The number of methoxy groups -OCH3 is 2. The maximum Gasteiger partial charge on any atom is 0.171 e. The molecule has 2 aromatic rings. The molecule has 0 atom stereocenters. The largest absolute Gasteiger partial charge is 0.497 e. The maximum atomic E-state index is 5.65. The van der Waals surface area contributed by atoms with Gasteiger partial charge in [0.25, 0.3) is 0 Å². The number of thiocarbonyl (C=S) groups is 1. The van der Waals surface area contributed by atoms with Crippen LogP contribution < -0.4 is 29.6 Å². The van der Waals surface area contributed by atoms with E-state index in [2.05, 4.69) is 10.6 Å². The van der Waals surface area contributed by atoms with Crippen molar-refractivity contribution < 1.29 is 18.9 Å². The summed E-state index contributed by atoms with van der Waals surface area (Å²) in [4.78, 5) is 0. The number of anilines is 1. The highest BCUT2D eigenvalue weighted by molar-refractivity contribution is 7.80. The number of hydrogen-bond donors (Lipinski definition) is 2. The lowest BCUT2D eigenvalue weighted by Gasteiger charge is -2.15. The fourth-order valence-electron chi connectivity index (χ4n) is 2.44. The van der Waals surface area contributed by atoms with Crippen molar-refractivity contribution in [2.75, 3.05) is 32.8 Å². The summed E-state index contributed by atoms with van der Waals surface area (Å²) in [6, 6.07) is 11.4. The summed E-state index contributed by atoms with van der Waals surface area (Å²) >= 11 is 5.39. The molecule has 0 fully saturated rings. The van der Waals surface area contributed by atoms with Gasteiger partial charge in [-0.15, -0.1) is 0 Å². The van der Waals surface area contributed by atoms with Crippen LogP contribution in [0.4, 0.5) is 5.69 Å². The molecule has 7 heteroatoms. The van der Waals surface area contributed by atoms with E-state index in [-0.39, 0.29) is 0 Å². The van der Waals surface area contributed by atoms with E-state index in [4.69, 9.17) is 31.2 Å². The molecule has 0 unspecified atom stereocenters. The molecule has 0 heterocycles. The van der Waals surface area contributed by atoms with Crippen LogP contribution in [0.5, 0.6) is 23.0 Å². The van der Waals surface area contributed by atoms with Crippen LogP contribution in [0.15, 0.2) is 36.4 Å². The highest BCUT2D eigenvalue weighted by Gasteiger charge is 2.07. The molecule has 2 rings (SSSR count). The highest BCUT2D eigenvalue weighted by atomic mass is 32.1. The Morgan fingerprint density at radius 2 is 1.52 bits per heavy atom. The number of rotatable bonds is 9. The fourth-order valence-corrected chi connectivity index (χ4v) is 2.63. The Hall–Kier alpha value is -2.67. The molecule has 146 valence electrons. The van der Waals surface area contributed by atoms with E-state index in [1.807, 2.05) is 44.2 Å². The summed E-state index contributed by atoms with van der Waals surface area (Å²) < 4.78 is 21.8. The molecule has 0 bridgehead atoms. The molecule has 2 aromatic carbocycles. The van der Waals surface area contributed by atoms with E-state index >= 15 is 0 Å². The number of hydrogen-bond acceptors (Lipinski definition) is 5. The van der Waals surface area contributed by atoms with Crippen molar-refractivity contribution in [2.24, 2.45) is 0 Å². The van der Waals surface area contributed by atoms with Gasteiger partial charge in [-0.25, -0.2) is 0 Å². The summed E-state index contributed by atoms with van der Waals surface area (Å²) in [6.45, 7) is 5.62. The molecule has 0 aliphatic rings. The average Bonchev–Trinajstić information content (AvgIpc) is 2.68. The molecule has 0 saturated carbocycles. The van der Waals surface area contributed by atoms with Crippen LogP contribution in [0.25, 0.3) is 0 Å². The zero-order valence-corrected chi connectivity index (χ0v) is 16.9. The van der Waals surface area contributed by atoms with Crippen molar-refractivity contribution in [3.05, 3.63) is 42.0 Å². The smallest absolute Gasteiger partial charge is 0.171 e. The average molecular weight is 391 g/mol. The Bertz CT molecular complexity index is 745. The second kappa shape index (κ2) is 10.5. The van der Waals surface area contributed by atoms with Gasteiger partial charge in [0.2, 0.25) is 0 Å². The topological polar surface area (TPSA) is 61.0 Å². The highest BCUT2D eigenvalue weighted by Crippen LogP contribution is 2.29. The quantitative estimate of drug-likeness (QED) is 0.628.